The maximum absolute atomic E-state index is 8.94. The Balaban J connectivity index is 0. The second-order valence-corrected chi connectivity index (χ2v) is 1.97. The Labute approximate surface area is 81.1 Å². The monoisotopic (exact) mass is 194 g/mol. The van der Waals surface area contributed by atoms with Crippen LogP contribution in [0.15, 0.2) is 36.5 Å². The molecule has 0 aromatic heterocycles. The van der Waals surface area contributed by atoms with Gasteiger partial charge in [-0.2, -0.15) is 0 Å². The second-order valence-electron chi connectivity index (χ2n) is 1.97. The highest BCUT2D eigenvalue weighted by atomic mass is 16.3. The molecule has 0 amide bonds. The molecule has 0 radical (unpaired) electrons. The minimum Gasteiger partial charge on any atom is -0.384 e. The predicted molar refractivity (Wildman–Crippen MR) is 50.3 cm³/mol. The van der Waals surface area contributed by atoms with E-state index in [4.69, 9.17) is 25.5 Å². The SMILES string of the molecule is C=C1C=CC=CC1O.N=C=O.N=C=O. The largest absolute Gasteiger partial charge is 0.384 e. The molecule has 0 aromatic rings. The van der Waals surface area contributed by atoms with Gasteiger partial charge < -0.3 is 5.11 Å². The van der Waals surface area contributed by atoms with E-state index in [1.54, 1.807) is 18.2 Å². The Morgan fingerprint density at radius 1 is 1.29 bits per heavy atom. The lowest BCUT2D eigenvalue weighted by atomic mass is 10.1. The Morgan fingerprint density at radius 3 is 1.93 bits per heavy atom. The van der Waals surface area contributed by atoms with Gasteiger partial charge in [0, 0.05) is 0 Å². The van der Waals surface area contributed by atoms with Crippen LogP contribution < -0.4 is 0 Å². The summed E-state index contributed by atoms with van der Waals surface area (Å²) in [4.78, 5) is 16.7. The molecule has 1 rings (SSSR count). The first kappa shape index (κ1) is 14.5. The van der Waals surface area contributed by atoms with Crippen molar-refractivity contribution >= 4 is 12.2 Å². The number of hydrogen-bond acceptors (Lipinski definition) is 5. The molecule has 5 heteroatoms. The number of rotatable bonds is 0. The van der Waals surface area contributed by atoms with Crippen molar-refractivity contribution in [3.63, 3.8) is 0 Å². The van der Waals surface area contributed by atoms with E-state index in [-0.39, 0.29) is 0 Å². The third kappa shape index (κ3) is 9.94. The number of aliphatic hydroxyl groups is 1. The van der Waals surface area contributed by atoms with Gasteiger partial charge in [-0.1, -0.05) is 30.9 Å². The van der Waals surface area contributed by atoms with E-state index < -0.39 is 6.10 Å². The van der Waals surface area contributed by atoms with E-state index in [0.29, 0.717) is 0 Å². The van der Waals surface area contributed by atoms with Gasteiger partial charge in [-0.25, -0.2) is 20.4 Å². The third-order valence-corrected chi connectivity index (χ3v) is 1.09. The van der Waals surface area contributed by atoms with E-state index in [9.17, 15) is 0 Å². The number of aliphatic hydroxyl groups excluding tert-OH is 1. The molecule has 0 aromatic carbocycles. The molecule has 1 unspecified atom stereocenters. The van der Waals surface area contributed by atoms with Crippen molar-refractivity contribution in [1.82, 2.24) is 0 Å². The van der Waals surface area contributed by atoms with E-state index in [1.807, 2.05) is 6.08 Å². The van der Waals surface area contributed by atoms with Gasteiger partial charge >= 0.3 is 0 Å². The zero-order chi connectivity index (χ0) is 11.4. The van der Waals surface area contributed by atoms with Crippen LogP contribution >= 0.6 is 0 Å². The number of nitrogens with one attached hydrogen (secondary N) is 2. The molecule has 74 valence electrons. The first-order valence-electron chi connectivity index (χ1n) is 3.43. The summed E-state index contributed by atoms with van der Waals surface area (Å²) in [5, 5.41) is 19.7. The van der Waals surface area contributed by atoms with Crippen LogP contribution in [0.25, 0.3) is 0 Å². The molecule has 1 aliphatic carbocycles. The molecule has 14 heavy (non-hydrogen) atoms. The summed E-state index contributed by atoms with van der Waals surface area (Å²) in [6.07, 6.45) is 8.20. The fraction of sp³-hybridized carbons (Fsp3) is 0.111. The number of allylic oxidation sites excluding steroid dienone is 2. The summed E-state index contributed by atoms with van der Waals surface area (Å²) in [7, 11) is 0. The van der Waals surface area contributed by atoms with Crippen LogP contribution in [0.3, 0.4) is 0 Å². The Kier molecular flexibility index (Phi) is 11.3. The topological polar surface area (TPSA) is 102 Å². The maximum Gasteiger partial charge on any atom is 0.231 e. The lowest BCUT2D eigenvalue weighted by molar-refractivity contribution is 0.262. The molecule has 1 aliphatic rings. The average molecular weight is 194 g/mol. The Bertz CT molecular complexity index is 281. The number of carbonyl (C=O) groups excluding carboxylic acids is 2. The van der Waals surface area contributed by atoms with Crippen LogP contribution in [0.4, 0.5) is 0 Å². The molecule has 3 N–H and O–H groups in total. The summed E-state index contributed by atoms with van der Waals surface area (Å²) >= 11 is 0. The van der Waals surface area contributed by atoms with Gasteiger partial charge in [0.25, 0.3) is 0 Å². The molecule has 1 atom stereocenters. The predicted octanol–water partition coefficient (Wildman–Crippen LogP) is 0.831. The Hall–Kier alpha value is -2.06. The fourth-order valence-electron chi connectivity index (χ4n) is 0.571. The van der Waals surface area contributed by atoms with Crippen LogP contribution in [0.5, 0.6) is 0 Å². The van der Waals surface area contributed by atoms with Gasteiger partial charge in [-0.3, -0.25) is 0 Å². The molecule has 0 heterocycles. The van der Waals surface area contributed by atoms with Crippen molar-refractivity contribution < 1.29 is 14.7 Å². The smallest absolute Gasteiger partial charge is 0.231 e. The highest BCUT2D eigenvalue weighted by molar-refractivity contribution is 5.31. The molecule has 0 bridgehead atoms. The quantitative estimate of drug-likeness (QED) is 0.393. The van der Waals surface area contributed by atoms with Gasteiger partial charge in [0.1, 0.15) is 0 Å². The molecule has 0 fully saturated rings. The van der Waals surface area contributed by atoms with Gasteiger partial charge in [0.2, 0.25) is 12.2 Å². The first-order valence-corrected chi connectivity index (χ1v) is 3.43. The van der Waals surface area contributed by atoms with Crippen LogP contribution in [-0.2, 0) is 9.59 Å². The van der Waals surface area contributed by atoms with Crippen molar-refractivity contribution in [3.05, 3.63) is 36.5 Å². The molecule has 5 nitrogen and oxygen atoms in total. The van der Waals surface area contributed by atoms with Crippen molar-refractivity contribution in [2.24, 2.45) is 0 Å². The minimum atomic E-state index is -0.458. The van der Waals surface area contributed by atoms with Crippen LogP contribution in [0.1, 0.15) is 0 Å². The summed E-state index contributed by atoms with van der Waals surface area (Å²) in [6.45, 7) is 3.61. The van der Waals surface area contributed by atoms with E-state index in [0.717, 1.165) is 17.7 Å². The summed E-state index contributed by atoms with van der Waals surface area (Å²) in [5.41, 5.74) is 0.757. The van der Waals surface area contributed by atoms with Crippen LogP contribution in [-0.4, -0.2) is 23.4 Å². The van der Waals surface area contributed by atoms with Gasteiger partial charge in [-0.15, -0.1) is 0 Å². The third-order valence-electron chi connectivity index (χ3n) is 1.09. The van der Waals surface area contributed by atoms with Crippen molar-refractivity contribution in [1.29, 1.82) is 10.8 Å². The standard InChI is InChI=1S/C7H8O.2CHNO/c1-6-4-2-3-5-7(6)8;2*2-1-3/h2-5,7-8H,1H2;2*2H. The summed E-state index contributed by atoms with van der Waals surface area (Å²) < 4.78 is 0. The normalized spacial score (nSPS) is 16.4. The molecular formula is C9H10N2O3. The van der Waals surface area contributed by atoms with Gasteiger partial charge in [0.05, 0.1) is 6.10 Å². The molecular weight excluding hydrogens is 184 g/mol. The molecule has 0 saturated carbocycles. The number of hydrogen-bond donors (Lipinski definition) is 3. The zero-order valence-electron chi connectivity index (χ0n) is 7.36. The van der Waals surface area contributed by atoms with Gasteiger partial charge in [-0.05, 0) is 5.57 Å². The second kappa shape index (κ2) is 10.9. The van der Waals surface area contributed by atoms with Crippen LogP contribution in [0.2, 0.25) is 0 Å². The van der Waals surface area contributed by atoms with E-state index in [2.05, 4.69) is 6.58 Å². The lowest BCUT2D eigenvalue weighted by Crippen LogP contribution is -2.04. The molecule has 0 spiro atoms. The average Bonchev–Trinajstić information content (AvgIpc) is 2.13. The molecule has 0 saturated heterocycles. The highest BCUT2D eigenvalue weighted by Crippen LogP contribution is 2.07. The Morgan fingerprint density at radius 2 is 1.71 bits per heavy atom. The zero-order valence-corrected chi connectivity index (χ0v) is 7.36. The first-order chi connectivity index (χ1) is 6.63. The van der Waals surface area contributed by atoms with E-state index in [1.165, 1.54) is 0 Å². The van der Waals surface area contributed by atoms with Crippen LogP contribution in [0, 0.1) is 10.8 Å². The summed E-state index contributed by atoms with van der Waals surface area (Å²) in [6, 6.07) is 0. The highest BCUT2D eigenvalue weighted by Gasteiger charge is 2.01. The fourth-order valence-corrected chi connectivity index (χ4v) is 0.571. The van der Waals surface area contributed by atoms with Crippen molar-refractivity contribution in [2.75, 3.05) is 0 Å². The van der Waals surface area contributed by atoms with Crippen molar-refractivity contribution in [2.45, 2.75) is 6.10 Å². The maximum atomic E-state index is 8.94. The summed E-state index contributed by atoms with van der Waals surface area (Å²) in [5.74, 6) is 0. The van der Waals surface area contributed by atoms with E-state index >= 15 is 0 Å². The van der Waals surface area contributed by atoms with Gasteiger partial charge in [0.15, 0.2) is 0 Å². The molecule has 0 aliphatic heterocycles. The number of isocyanates is 2. The minimum absolute atomic E-state index is 0.458. The van der Waals surface area contributed by atoms with Crippen molar-refractivity contribution in [3.8, 4) is 0 Å². The lowest BCUT2D eigenvalue weighted by Gasteiger charge is -2.06.